The van der Waals surface area contributed by atoms with Crippen molar-refractivity contribution in [2.75, 3.05) is 10.6 Å². The average Bonchev–Trinajstić information content (AvgIpc) is 3.50. The predicted octanol–water partition coefficient (Wildman–Crippen LogP) is 3.67. The smallest absolute Gasteiger partial charge is 0.276 e. The lowest BCUT2D eigenvalue weighted by Crippen LogP contribution is -2.25. The normalized spacial score (nSPS) is 13.0. The van der Waals surface area contributed by atoms with Gasteiger partial charge in [-0.15, -0.1) is 0 Å². The molecule has 10 heteroatoms. The molecule has 0 atom stereocenters. The number of imidazole rings is 1. The molecule has 3 N–H and O–H groups in total. The number of anilines is 3. The Hall–Kier alpha value is -3.98. The second kappa shape index (κ2) is 8.27. The highest BCUT2D eigenvalue weighted by Crippen LogP contribution is 2.25. The molecule has 32 heavy (non-hydrogen) atoms. The first kappa shape index (κ1) is 20.0. The van der Waals surface area contributed by atoms with Gasteiger partial charge in [0.25, 0.3) is 11.8 Å². The molecule has 160 valence electrons. The second-order valence-electron chi connectivity index (χ2n) is 7.40. The number of carbonyl (C=O) groups excluding carboxylic acids is 2. The van der Waals surface area contributed by atoms with Gasteiger partial charge in [0, 0.05) is 41.4 Å². The van der Waals surface area contributed by atoms with Gasteiger partial charge in [0.2, 0.25) is 0 Å². The number of nitrogens with one attached hydrogen (secondary N) is 3. The van der Waals surface area contributed by atoms with Crippen LogP contribution in [0.25, 0.3) is 5.65 Å². The quantitative estimate of drug-likeness (QED) is 0.415. The lowest BCUT2D eigenvalue weighted by Gasteiger charge is -2.10. The summed E-state index contributed by atoms with van der Waals surface area (Å²) in [5, 5.41) is 13.4. The number of fused-ring (bicyclic) bond motifs is 1. The zero-order valence-electron chi connectivity index (χ0n) is 16.7. The topological polar surface area (TPSA) is 113 Å². The van der Waals surface area contributed by atoms with Crippen LogP contribution in [0.1, 0.15) is 33.7 Å². The molecule has 0 bridgehead atoms. The molecule has 1 aliphatic rings. The number of rotatable bonds is 6. The van der Waals surface area contributed by atoms with Gasteiger partial charge in [-0.25, -0.2) is 9.50 Å². The van der Waals surface area contributed by atoms with E-state index in [2.05, 4.69) is 31.0 Å². The first-order valence-corrected chi connectivity index (χ1v) is 10.4. The van der Waals surface area contributed by atoms with Crippen LogP contribution in [0.3, 0.4) is 0 Å². The summed E-state index contributed by atoms with van der Waals surface area (Å²) >= 11 is 6.21. The molecular formula is C22H18ClN7O2. The van der Waals surface area contributed by atoms with Gasteiger partial charge >= 0.3 is 0 Å². The fourth-order valence-corrected chi connectivity index (χ4v) is 3.36. The van der Waals surface area contributed by atoms with Crippen LogP contribution >= 0.6 is 11.6 Å². The SMILES string of the molecule is O=C(NC1CC1)c1ccc(Nc2cc(Cl)nn3c(C(=O)Nc4ccncc4)cnc23)cc1. The molecule has 1 fully saturated rings. The maximum atomic E-state index is 12.7. The second-order valence-corrected chi connectivity index (χ2v) is 7.79. The molecule has 4 aromatic rings. The lowest BCUT2D eigenvalue weighted by molar-refractivity contribution is 0.0950. The molecule has 0 radical (unpaired) electrons. The summed E-state index contributed by atoms with van der Waals surface area (Å²) in [6, 6.07) is 12.4. The number of hydrogen-bond donors (Lipinski definition) is 3. The first-order chi connectivity index (χ1) is 15.6. The summed E-state index contributed by atoms with van der Waals surface area (Å²) in [7, 11) is 0. The van der Waals surface area contributed by atoms with E-state index < -0.39 is 0 Å². The molecule has 0 unspecified atom stereocenters. The van der Waals surface area contributed by atoms with Crippen LogP contribution in [0.2, 0.25) is 5.15 Å². The molecule has 1 saturated carbocycles. The number of pyridine rings is 1. The predicted molar refractivity (Wildman–Crippen MR) is 120 cm³/mol. The van der Waals surface area contributed by atoms with E-state index in [1.807, 2.05) is 0 Å². The van der Waals surface area contributed by atoms with Crippen LogP contribution in [0, 0.1) is 0 Å². The molecule has 0 spiro atoms. The number of halogens is 1. The van der Waals surface area contributed by atoms with Gasteiger partial charge in [0.05, 0.1) is 11.9 Å². The first-order valence-electron chi connectivity index (χ1n) is 10.0. The van der Waals surface area contributed by atoms with Gasteiger partial charge < -0.3 is 16.0 Å². The maximum absolute atomic E-state index is 12.7. The molecule has 3 aromatic heterocycles. The van der Waals surface area contributed by atoms with Crippen molar-refractivity contribution in [3.63, 3.8) is 0 Å². The third-order valence-corrected chi connectivity index (χ3v) is 5.13. The molecule has 1 aromatic carbocycles. The number of benzene rings is 1. The number of hydrogen-bond acceptors (Lipinski definition) is 6. The molecule has 5 rings (SSSR count). The van der Waals surface area contributed by atoms with E-state index >= 15 is 0 Å². The Bertz CT molecular complexity index is 1300. The van der Waals surface area contributed by atoms with Crippen molar-refractivity contribution in [1.82, 2.24) is 24.9 Å². The molecule has 3 heterocycles. The van der Waals surface area contributed by atoms with Gasteiger partial charge in [-0.05, 0) is 49.2 Å². The van der Waals surface area contributed by atoms with Crippen LogP contribution in [0.4, 0.5) is 17.1 Å². The third-order valence-electron chi connectivity index (χ3n) is 4.95. The summed E-state index contributed by atoms with van der Waals surface area (Å²) in [6.45, 7) is 0. The Morgan fingerprint density at radius 3 is 2.47 bits per heavy atom. The fourth-order valence-electron chi connectivity index (χ4n) is 3.17. The third kappa shape index (κ3) is 4.23. The van der Waals surface area contributed by atoms with E-state index in [1.54, 1.807) is 54.9 Å². The van der Waals surface area contributed by atoms with E-state index in [1.165, 1.54) is 10.7 Å². The van der Waals surface area contributed by atoms with Crippen molar-refractivity contribution < 1.29 is 9.59 Å². The highest BCUT2D eigenvalue weighted by molar-refractivity contribution is 6.29. The Morgan fingerprint density at radius 1 is 1.00 bits per heavy atom. The van der Waals surface area contributed by atoms with Gasteiger partial charge in [-0.2, -0.15) is 5.10 Å². The number of aromatic nitrogens is 4. The largest absolute Gasteiger partial charge is 0.352 e. The summed E-state index contributed by atoms with van der Waals surface area (Å²) in [6.07, 6.45) is 6.68. The van der Waals surface area contributed by atoms with E-state index in [-0.39, 0.29) is 22.7 Å². The number of amides is 2. The molecule has 1 aliphatic carbocycles. The minimum atomic E-state index is -0.379. The van der Waals surface area contributed by atoms with Gasteiger partial charge in [0.1, 0.15) is 0 Å². The van der Waals surface area contributed by atoms with Gasteiger partial charge in [0.15, 0.2) is 16.5 Å². The molecular weight excluding hydrogens is 430 g/mol. The standard InChI is InChI=1S/C22H18ClN7O2/c23-19-11-17(26-14-3-1-13(2-4-14)21(31)27-15-5-6-15)20-25-12-18(30(20)29-19)22(32)28-16-7-9-24-10-8-16/h1-4,7-12,15,26H,5-6H2,(H,27,31)(H,24,28,32). The Balaban J connectivity index is 1.38. The Morgan fingerprint density at radius 2 is 1.75 bits per heavy atom. The monoisotopic (exact) mass is 447 g/mol. The van der Waals surface area contributed by atoms with Crippen LogP contribution in [-0.4, -0.2) is 37.4 Å². The van der Waals surface area contributed by atoms with E-state index in [0.717, 1.165) is 18.5 Å². The van der Waals surface area contributed by atoms with Crippen molar-refractivity contribution in [2.24, 2.45) is 0 Å². The van der Waals surface area contributed by atoms with E-state index in [4.69, 9.17) is 11.6 Å². The highest BCUT2D eigenvalue weighted by atomic mass is 35.5. The Kier molecular flexibility index (Phi) is 5.16. The highest BCUT2D eigenvalue weighted by Gasteiger charge is 2.23. The molecule has 2 amide bonds. The van der Waals surface area contributed by atoms with Crippen molar-refractivity contribution in [1.29, 1.82) is 0 Å². The maximum Gasteiger partial charge on any atom is 0.276 e. The summed E-state index contributed by atoms with van der Waals surface area (Å²) in [5.74, 6) is -0.457. The van der Waals surface area contributed by atoms with Crippen LogP contribution in [-0.2, 0) is 0 Å². The van der Waals surface area contributed by atoms with E-state index in [0.29, 0.717) is 28.6 Å². The molecule has 9 nitrogen and oxygen atoms in total. The van der Waals surface area contributed by atoms with Crippen molar-refractivity contribution in [2.45, 2.75) is 18.9 Å². The molecule has 0 aliphatic heterocycles. The average molecular weight is 448 g/mol. The van der Waals surface area contributed by atoms with Crippen LogP contribution in [0.5, 0.6) is 0 Å². The lowest BCUT2D eigenvalue weighted by atomic mass is 10.2. The van der Waals surface area contributed by atoms with Crippen LogP contribution < -0.4 is 16.0 Å². The summed E-state index contributed by atoms with van der Waals surface area (Å²) < 4.78 is 1.39. The van der Waals surface area contributed by atoms with Crippen molar-refractivity contribution >= 4 is 46.1 Å². The zero-order valence-corrected chi connectivity index (χ0v) is 17.5. The van der Waals surface area contributed by atoms with Gasteiger partial charge in [-0.3, -0.25) is 14.6 Å². The zero-order chi connectivity index (χ0) is 22.1. The van der Waals surface area contributed by atoms with Crippen LogP contribution in [0.15, 0.2) is 61.1 Å². The number of nitrogens with zero attached hydrogens (tertiary/aromatic N) is 4. The van der Waals surface area contributed by atoms with Gasteiger partial charge in [-0.1, -0.05) is 11.6 Å². The summed E-state index contributed by atoms with van der Waals surface area (Å²) in [5.41, 5.74) is 3.17. The number of carbonyl (C=O) groups is 2. The minimum Gasteiger partial charge on any atom is -0.352 e. The summed E-state index contributed by atoms with van der Waals surface area (Å²) in [4.78, 5) is 33.2. The minimum absolute atomic E-state index is 0.0773. The molecule has 0 saturated heterocycles. The fraction of sp³-hybridized carbons (Fsp3) is 0.136. The van der Waals surface area contributed by atoms with E-state index in [9.17, 15) is 9.59 Å². The van der Waals surface area contributed by atoms with Crippen molar-refractivity contribution in [3.05, 3.63) is 77.5 Å². The van der Waals surface area contributed by atoms with Crippen molar-refractivity contribution in [3.8, 4) is 0 Å². The Labute approximate surface area is 187 Å².